The van der Waals surface area contributed by atoms with E-state index >= 15 is 0 Å². The van der Waals surface area contributed by atoms with E-state index in [9.17, 15) is 0 Å². The highest BCUT2D eigenvalue weighted by Gasteiger charge is 2.15. The van der Waals surface area contributed by atoms with Crippen LogP contribution in [0.5, 0.6) is 0 Å². The minimum Gasteiger partial charge on any atom is -0.325 e. The lowest BCUT2D eigenvalue weighted by atomic mass is 10.2. The number of pyridine rings is 1. The third-order valence-corrected chi connectivity index (χ3v) is 4.24. The van der Waals surface area contributed by atoms with E-state index in [1.54, 1.807) is 6.07 Å². The average Bonchev–Trinajstić information content (AvgIpc) is 2.57. The number of likely N-dealkylation sites (N-methyl/N-ethyl adjacent to an activating group) is 1. The molecule has 0 radical (unpaired) electrons. The Bertz CT molecular complexity index is 625. The fourth-order valence-electron chi connectivity index (χ4n) is 2.65. The second-order valence-corrected chi connectivity index (χ2v) is 6.00. The molecular formula is C16H21ClN6. The predicted molar refractivity (Wildman–Crippen MR) is 92.0 cm³/mol. The number of nitrogens with zero attached hydrogens (tertiary/aromatic N) is 5. The van der Waals surface area contributed by atoms with Gasteiger partial charge in [0.05, 0.1) is 0 Å². The van der Waals surface area contributed by atoms with Crippen molar-refractivity contribution in [3.63, 3.8) is 0 Å². The molecule has 0 spiro atoms. The molecule has 0 amide bonds. The summed E-state index contributed by atoms with van der Waals surface area (Å²) >= 11 is 5.85. The molecule has 2 aromatic heterocycles. The molecular weight excluding hydrogens is 312 g/mol. The molecule has 0 bridgehead atoms. The van der Waals surface area contributed by atoms with Crippen molar-refractivity contribution in [3.8, 4) is 0 Å². The normalized spacial score (nSPS) is 16.4. The lowest BCUT2D eigenvalue weighted by molar-refractivity contribution is 0.132. The van der Waals surface area contributed by atoms with Crippen LogP contribution in [0, 0.1) is 0 Å². The SMILES string of the molecule is CCN1CCN(Cc2ccc(Nc3cc(Cl)ncn3)nc2)CC1. The van der Waals surface area contributed by atoms with Crippen LogP contribution in [-0.4, -0.2) is 57.5 Å². The Labute approximate surface area is 141 Å². The van der Waals surface area contributed by atoms with Gasteiger partial charge in [0.2, 0.25) is 0 Å². The molecule has 0 unspecified atom stereocenters. The first-order valence-electron chi connectivity index (χ1n) is 7.87. The van der Waals surface area contributed by atoms with E-state index in [4.69, 9.17) is 11.6 Å². The number of aromatic nitrogens is 3. The molecule has 2 aromatic rings. The Kier molecular flexibility index (Phi) is 5.38. The maximum atomic E-state index is 5.85. The molecule has 1 aliphatic rings. The second kappa shape index (κ2) is 7.68. The van der Waals surface area contributed by atoms with Crippen LogP contribution in [0.4, 0.5) is 11.6 Å². The molecule has 0 saturated carbocycles. The smallest absolute Gasteiger partial charge is 0.136 e. The highest BCUT2D eigenvalue weighted by molar-refractivity contribution is 6.29. The van der Waals surface area contributed by atoms with Crippen LogP contribution >= 0.6 is 11.6 Å². The Balaban J connectivity index is 1.55. The van der Waals surface area contributed by atoms with Crippen molar-refractivity contribution in [2.45, 2.75) is 13.5 Å². The van der Waals surface area contributed by atoms with Gasteiger partial charge in [0.25, 0.3) is 0 Å². The zero-order valence-electron chi connectivity index (χ0n) is 13.2. The van der Waals surface area contributed by atoms with Crippen molar-refractivity contribution in [1.82, 2.24) is 24.8 Å². The van der Waals surface area contributed by atoms with Gasteiger partial charge in [0.15, 0.2) is 0 Å². The van der Waals surface area contributed by atoms with Gasteiger partial charge in [-0.1, -0.05) is 24.6 Å². The Morgan fingerprint density at radius 1 is 1.04 bits per heavy atom. The van der Waals surface area contributed by atoms with E-state index in [-0.39, 0.29) is 0 Å². The maximum Gasteiger partial charge on any atom is 0.136 e. The summed E-state index contributed by atoms with van der Waals surface area (Å²) in [5.41, 5.74) is 1.22. The molecule has 1 N–H and O–H groups in total. The number of piperazine rings is 1. The fraction of sp³-hybridized carbons (Fsp3) is 0.438. The summed E-state index contributed by atoms with van der Waals surface area (Å²) in [6, 6.07) is 5.74. The molecule has 3 heterocycles. The van der Waals surface area contributed by atoms with E-state index in [0.717, 1.165) is 45.1 Å². The maximum absolute atomic E-state index is 5.85. The number of rotatable bonds is 5. The zero-order chi connectivity index (χ0) is 16.1. The average molecular weight is 333 g/mol. The Morgan fingerprint density at radius 3 is 2.48 bits per heavy atom. The molecule has 3 rings (SSSR count). The molecule has 6 nitrogen and oxygen atoms in total. The standard InChI is InChI=1S/C16H21ClN6/c1-2-22-5-7-23(8-6-22)11-13-3-4-15(18-10-13)21-16-9-14(17)19-12-20-16/h3-4,9-10,12H,2,5-8,11H2,1H3,(H,18,19,20,21). The molecule has 0 aliphatic carbocycles. The Hall–Kier alpha value is -1.76. The second-order valence-electron chi connectivity index (χ2n) is 5.61. The summed E-state index contributed by atoms with van der Waals surface area (Å²) in [7, 11) is 0. The summed E-state index contributed by atoms with van der Waals surface area (Å²) in [6.07, 6.45) is 3.34. The fourth-order valence-corrected chi connectivity index (χ4v) is 2.79. The van der Waals surface area contributed by atoms with Crippen LogP contribution in [0.25, 0.3) is 0 Å². The largest absolute Gasteiger partial charge is 0.325 e. The van der Waals surface area contributed by atoms with Crippen LogP contribution in [0.15, 0.2) is 30.7 Å². The molecule has 1 aliphatic heterocycles. The van der Waals surface area contributed by atoms with E-state index in [2.05, 4.69) is 43.1 Å². The highest BCUT2D eigenvalue weighted by atomic mass is 35.5. The lowest BCUT2D eigenvalue weighted by Crippen LogP contribution is -2.45. The van der Waals surface area contributed by atoms with Gasteiger partial charge in [0, 0.05) is 45.0 Å². The summed E-state index contributed by atoms with van der Waals surface area (Å²) < 4.78 is 0. The lowest BCUT2D eigenvalue weighted by Gasteiger charge is -2.33. The third-order valence-electron chi connectivity index (χ3n) is 4.03. The first kappa shape index (κ1) is 16.1. The zero-order valence-corrected chi connectivity index (χ0v) is 14.0. The molecule has 7 heteroatoms. The minimum absolute atomic E-state index is 0.408. The summed E-state index contributed by atoms with van der Waals surface area (Å²) in [5.74, 6) is 1.39. The van der Waals surface area contributed by atoms with Gasteiger partial charge in [-0.2, -0.15) is 0 Å². The van der Waals surface area contributed by atoms with Crippen molar-refractivity contribution in [2.24, 2.45) is 0 Å². The molecule has 23 heavy (non-hydrogen) atoms. The van der Waals surface area contributed by atoms with E-state index in [1.807, 2.05) is 12.3 Å². The first-order chi connectivity index (χ1) is 11.2. The highest BCUT2D eigenvalue weighted by Crippen LogP contribution is 2.15. The number of halogens is 1. The van der Waals surface area contributed by atoms with Gasteiger partial charge in [-0.25, -0.2) is 15.0 Å². The molecule has 1 fully saturated rings. The van der Waals surface area contributed by atoms with Gasteiger partial charge < -0.3 is 10.2 Å². The monoisotopic (exact) mass is 332 g/mol. The molecule has 122 valence electrons. The quantitative estimate of drug-likeness (QED) is 0.849. The first-order valence-corrected chi connectivity index (χ1v) is 8.25. The molecule has 1 saturated heterocycles. The van der Waals surface area contributed by atoms with Crippen LogP contribution in [-0.2, 0) is 6.54 Å². The number of anilines is 2. The van der Waals surface area contributed by atoms with Crippen molar-refractivity contribution in [1.29, 1.82) is 0 Å². The summed E-state index contributed by atoms with van der Waals surface area (Å²) in [5, 5.41) is 3.53. The van der Waals surface area contributed by atoms with Gasteiger partial charge >= 0.3 is 0 Å². The van der Waals surface area contributed by atoms with Gasteiger partial charge in [0.1, 0.15) is 23.1 Å². The van der Waals surface area contributed by atoms with Crippen molar-refractivity contribution >= 4 is 23.2 Å². The van der Waals surface area contributed by atoms with Crippen LogP contribution in [0.3, 0.4) is 0 Å². The molecule has 0 aromatic carbocycles. The van der Waals surface area contributed by atoms with E-state index in [1.165, 1.54) is 11.9 Å². The molecule has 0 atom stereocenters. The van der Waals surface area contributed by atoms with E-state index < -0.39 is 0 Å². The topological polar surface area (TPSA) is 57.2 Å². The number of nitrogens with one attached hydrogen (secondary N) is 1. The summed E-state index contributed by atoms with van der Waals surface area (Å²) in [4.78, 5) is 17.4. The minimum atomic E-state index is 0.408. The Morgan fingerprint density at radius 2 is 1.83 bits per heavy atom. The number of hydrogen-bond donors (Lipinski definition) is 1. The third kappa shape index (κ3) is 4.60. The van der Waals surface area contributed by atoms with Gasteiger partial charge in [-0.15, -0.1) is 0 Å². The van der Waals surface area contributed by atoms with Crippen LogP contribution in [0.1, 0.15) is 12.5 Å². The van der Waals surface area contributed by atoms with Crippen molar-refractivity contribution in [2.75, 3.05) is 38.0 Å². The summed E-state index contributed by atoms with van der Waals surface area (Å²) in [6.45, 7) is 8.85. The number of hydrogen-bond acceptors (Lipinski definition) is 6. The predicted octanol–water partition coefficient (Wildman–Crippen LogP) is 2.41. The van der Waals surface area contributed by atoms with Gasteiger partial charge in [-0.05, 0) is 18.2 Å². The van der Waals surface area contributed by atoms with E-state index in [0.29, 0.717) is 11.0 Å². The van der Waals surface area contributed by atoms with Crippen molar-refractivity contribution < 1.29 is 0 Å². The van der Waals surface area contributed by atoms with Gasteiger partial charge in [-0.3, -0.25) is 4.90 Å². The van der Waals surface area contributed by atoms with Crippen LogP contribution < -0.4 is 5.32 Å². The van der Waals surface area contributed by atoms with Crippen molar-refractivity contribution in [3.05, 3.63) is 41.4 Å². The van der Waals surface area contributed by atoms with Crippen LogP contribution in [0.2, 0.25) is 5.15 Å².